The summed E-state index contributed by atoms with van der Waals surface area (Å²) in [4.78, 5) is 12.5. The van der Waals surface area contributed by atoms with E-state index in [-0.39, 0.29) is 29.6 Å². The Morgan fingerprint density at radius 3 is 2.23 bits per heavy atom. The minimum atomic E-state index is -3.57. The highest BCUT2D eigenvalue weighted by atomic mass is 35.5. The quantitative estimate of drug-likeness (QED) is 0.758. The van der Waals surface area contributed by atoms with Crippen LogP contribution in [0.2, 0.25) is 0 Å². The molecule has 6 nitrogen and oxygen atoms in total. The maximum atomic E-state index is 12.4. The predicted octanol–water partition coefficient (Wildman–Crippen LogP) is 2.74. The van der Waals surface area contributed by atoms with Crippen LogP contribution < -0.4 is 11.1 Å². The van der Waals surface area contributed by atoms with E-state index in [0.717, 1.165) is 21.0 Å². The molecule has 0 saturated carbocycles. The molecule has 0 spiro atoms. The van der Waals surface area contributed by atoms with Crippen LogP contribution in [-0.4, -0.2) is 32.7 Å². The number of amides is 1. The average molecular weight is 398 g/mol. The molecule has 0 aromatic heterocycles. The van der Waals surface area contributed by atoms with Crippen LogP contribution in [0.25, 0.3) is 0 Å². The average Bonchev–Trinajstić information content (AvgIpc) is 2.53. The second kappa shape index (κ2) is 8.53. The number of nitrogen functional groups attached to an aromatic ring is 1. The first-order valence-electron chi connectivity index (χ1n) is 7.79. The predicted molar refractivity (Wildman–Crippen MR) is 107 cm³/mol. The first kappa shape index (κ1) is 22.0. The highest BCUT2D eigenvalue weighted by molar-refractivity contribution is 7.89. The van der Waals surface area contributed by atoms with E-state index in [0.29, 0.717) is 11.4 Å². The summed E-state index contributed by atoms with van der Waals surface area (Å²) < 4.78 is 25.9. The summed E-state index contributed by atoms with van der Waals surface area (Å²) in [7, 11) is -0.618. The lowest BCUT2D eigenvalue weighted by Crippen LogP contribution is -2.23. The number of benzene rings is 2. The van der Waals surface area contributed by atoms with Gasteiger partial charge in [0.1, 0.15) is 0 Å². The van der Waals surface area contributed by atoms with E-state index in [2.05, 4.69) is 5.32 Å². The summed E-state index contributed by atoms with van der Waals surface area (Å²) in [5.41, 5.74) is 9.24. The van der Waals surface area contributed by atoms with Crippen molar-refractivity contribution in [1.82, 2.24) is 4.31 Å². The molecule has 142 valence electrons. The number of hydrogen-bond donors (Lipinski definition) is 2. The molecule has 0 bridgehead atoms. The Bertz CT molecular complexity index is 895. The Kier molecular flexibility index (Phi) is 7.20. The molecule has 8 heteroatoms. The smallest absolute Gasteiger partial charge is 0.242 e. The molecular weight excluding hydrogens is 374 g/mol. The zero-order valence-corrected chi connectivity index (χ0v) is 16.9. The molecule has 0 heterocycles. The molecule has 0 aliphatic rings. The number of sulfonamides is 1. The van der Waals surface area contributed by atoms with Crippen molar-refractivity contribution in [2.45, 2.75) is 25.2 Å². The molecule has 3 N–H and O–H groups in total. The van der Waals surface area contributed by atoms with Gasteiger partial charge in [0.15, 0.2) is 0 Å². The van der Waals surface area contributed by atoms with Gasteiger partial charge in [-0.2, -0.15) is 0 Å². The normalized spacial score (nSPS) is 11.1. The van der Waals surface area contributed by atoms with Gasteiger partial charge >= 0.3 is 0 Å². The van der Waals surface area contributed by atoms with Crippen LogP contribution >= 0.6 is 12.4 Å². The fraction of sp³-hybridized carbons (Fsp3) is 0.278. The van der Waals surface area contributed by atoms with Gasteiger partial charge in [-0.15, -0.1) is 12.4 Å². The first-order valence-corrected chi connectivity index (χ1v) is 9.23. The van der Waals surface area contributed by atoms with Crippen molar-refractivity contribution >= 4 is 39.7 Å². The SMILES string of the molecule is Cc1cc(S(=O)(=O)N(C)C)cc(NC(=O)Cc2ccc(N)cc2)c1C.Cl. The van der Waals surface area contributed by atoms with Crippen LogP contribution in [0.3, 0.4) is 0 Å². The van der Waals surface area contributed by atoms with E-state index >= 15 is 0 Å². The van der Waals surface area contributed by atoms with E-state index in [1.54, 1.807) is 30.3 Å². The monoisotopic (exact) mass is 397 g/mol. The summed E-state index contributed by atoms with van der Waals surface area (Å²) in [6.07, 6.45) is 0.184. The summed E-state index contributed by atoms with van der Waals surface area (Å²) in [6, 6.07) is 10.2. The van der Waals surface area contributed by atoms with Crippen molar-refractivity contribution in [2.75, 3.05) is 25.1 Å². The first-order chi connectivity index (χ1) is 11.6. The Morgan fingerprint density at radius 1 is 1.12 bits per heavy atom. The van der Waals surface area contributed by atoms with Crippen molar-refractivity contribution in [1.29, 1.82) is 0 Å². The molecule has 0 saturated heterocycles. The van der Waals surface area contributed by atoms with Crippen molar-refractivity contribution in [3.05, 3.63) is 53.1 Å². The number of rotatable bonds is 5. The Hall–Kier alpha value is -2.09. The van der Waals surface area contributed by atoms with Gasteiger partial charge in [0.25, 0.3) is 0 Å². The number of anilines is 2. The van der Waals surface area contributed by atoms with Crippen molar-refractivity contribution in [3.8, 4) is 0 Å². The number of carbonyl (C=O) groups excluding carboxylic acids is 1. The lowest BCUT2D eigenvalue weighted by atomic mass is 10.1. The standard InChI is InChI=1S/C18H23N3O3S.ClH/c1-12-9-16(25(23,24)21(3)4)11-17(13(12)2)20-18(22)10-14-5-7-15(19)8-6-14;/h5-9,11H,10,19H2,1-4H3,(H,20,22);1H. The summed E-state index contributed by atoms with van der Waals surface area (Å²) in [6.45, 7) is 3.67. The number of nitrogens with two attached hydrogens (primary N) is 1. The van der Waals surface area contributed by atoms with Gasteiger partial charge < -0.3 is 11.1 Å². The van der Waals surface area contributed by atoms with E-state index in [1.165, 1.54) is 20.2 Å². The molecule has 1 amide bonds. The fourth-order valence-electron chi connectivity index (χ4n) is 2.33. The molecule has 0 aliphatic heterocycles. The van der Waals surface area contributed by atoms with E-state index in [1.807, 2.05) is 13.8 Å². The molecule has 0 unspecified atom stereocenters. The van der Waals surface area contributed by atoms with Crippen molar-refractivity contribution in [2.24, 2.45) is 0 Å². The van der Waals surface area contributed by atoms with Crippen LogP contribution in [0.4, 0.5) is 11.4 Å². The molecule has 26 heavy (non-hydrogen) atoms. The van der Waals surface area contributed by atoms with Crippen LogP contribution in [-0.2, 0) is 21.2 Å². The summed E-state index contributed by atoms with van der Waals surface area (Å²) >= 11 is 0. The molecular formula is C18H24ClN3O3S. The van der Waals surface area contributed by atoms with E-state index in [4.69, 9.17) is 5.73 Å². The minimum absolute atomic E-state index is 0. The topological polar surface area (TPSA) is 92.5 Å². The van der Waals surface area contributed by atoms with E-state index in [9.17, 15) is 13.2 Å². The van der Waals surface area contributed by atoms with E-state index < -0.39 is 10.0 Å². The summed E-state index contributed by atoms with van der Waals surface area (Å²) in [5, 5.41) is 2.81. The highest BCUT2D eigenvalue weighted by Gasteiger charge is 2.20. The maximum Gasteiger partial charge on any atom is 0.242 e. The van der Waals surface area contributed by atoms with Crippen LogP contribution in [0, 0.1) is 13.8 Å². The van der Waals surface area contributed by atoms with Crippen LogP contribution in [0.15, 0.2) is 41.3 Å². The highest BCUT2D eigenvalue weighted by Crippen LogP contribution is 2.25. The molecule has 0 radical (unpaired) electrons. The molecule has 0 aliphatic carbocycles. The van der Waals surface area contributed by atoms with Gasteiger partial charge in [-0.3, -0.25) is 4.79 Å². The number of carbonyl (C=O) groups is 1. The zero-order valence-electron chi connectivity index (χ0n) is 15.2. The van der Waals surface area contributed by atoms with Crippen molar-refractivity contribution in [3.63, 3.8) is 0 Å². The van der Waals surface area contributed by atoms with Gasteiger partial charge in [0.05, 0.1) is 11.3 Å². The maximum absolute atomic E-state index is 12.4. The Morgan fingerprint density at radius 2 is 1.69 bits per heavy atom. The van der Waals surface area contributed by atoms with Gasteiger partial charge in [-0.1, -0.05) is 12.1 Å². The number of nitrogens with zero attached hydrogens (tertiary/aromatic N) is 1. The number of hydrogen-bond acceptors (Lipinski definition) is 4. The Labute approximate surface area is 160 Å². The zero-order chi connectivity index (χ0) is 18.8. The van der Waals surface area contributed by atoms with Crippen LogP contribution in [0.5, 0.6) is 0 Å². The molecule has 2 rings (SSSR count). The summed E-state index contributed by atoms with van der Waals surface area (Å²) in [5.74, 6) is -0.216. The number of aryl methyl sites for hydroxylation is 1. The molecule has 2 aromatic rings. The number of nitrogens with one attached hydrogen (secondary N) is 1. The third kappa shape index (κ3) is 4.97. The van der Waals surface area contributed by atoms with Gasteiger partial charge in [0.2, 0.25) is 15.9 Å². The lowest BCUT2D eigenvalue weighted by Gasteiger charge is -2.16. The van der Waals surface area contributed by atoms with Gasteiger partial charge in [-0.05, 0) is 54.8 Å². The number of halogens is 1. The molecule has 2 aromatic carbocycles. The largest absolute Gasteiger partial charge is 0.399 e. The fourth-order valence-corrected chi connectivity index (χ4v) is 3.35. The van der Waals surface area contributed by atoms with Crippen molar-refractivity contribution < 1.29 is 13.2 Å². The minimum Gasteiger partial charge on any atom is -0.399 e. The lowest BCUT2D eigenvalue weighted by molar-refractivity contribution is -0.115. The second-order valence-electron chi connectivity index (χ2n) is 6.17. The third-order valence-electron chi connectivity index (χ3n) is 4.04. The molecule has 0 atom stereocenters. The Balaban J connectivity index is 0.00000338. The van der Waals surface area contributed by atoms with Gasteiger partial charge in [-0.25, -0.2) is 12.7 Å². The third-order valence-corrected chi connectivity index (χ3v) is 5.83. The van der Waals surface area contributed by atoms with Gasteiger partial charge in [0, 0.05) is 25.5 Å². The second-order valence-corrected chi connectivity index (χ2v) is 8.32. The molecule has 0 fully saturated rings. The van der Waals surface area contributed by atoms with Crippen LogP contribution in [0.1, 0.15) is 16.7 Å².